The lowest BCUT2D eigenvalue weighted by Crippen LogP contribution is -2.24. The van der Waals surface area contributed by atoms with Crippen molar-refractivity contribution in [1.82, 2.24) is 4.98 Å². The highest BCUT2D eigenvalue weighted by Gasteiger charge is 2.30. The summed E-state index contributed by atoms with van der Waals surface area (Å²) in [4.78, 5) is 26.4. The van der Waals surface area contributed by atoms with Crippen LogP contribution in [0.15, 0.2) is 36.4 Å². The minimum atomic E-state index is -0.610. The maximum absolute atomic E-state index is 11.4. The van der Waals surface area contributed by atoms with Crippen LogP contribution in [0.4, 0.5) is 11.4 Å². The SMILES string of the molecule is CC(C)(C)c1cc([N+](=O)[O-])cc(CC(C)(C)c2ccccc2[N+](=O)[O-])n1. The van der Waals surface area contributed by atoms with E-state index in [0.717, 1.165) is 0 Å². The van der Waals surface area contributed by atoms with E-state index < -0.39 is 15.3 Å². The molecule has 0 unspecified atom stereocenters. The van der Waals surface area contributed by atoms with E-state index in [4.69, 9.17) is 0 Å². The summed E-state index contributed by atoms with van der Waals surface area (Å²) in [6.07, 6.45) is 0.350. The molecule has 0 aliphatic carbocycles. The molecule has 0 amide bonds. The Labute approximate surface area is 152 Å². The number of rotatable bonds is 5. The molecule has 0 saturated carbocycles. The van der Waals surface area contributed by atoms with E-state index in [0.29, 0.717) is 23.4 Å². The Balaban J connectivity index is 2.51. The van der Waals surface area contributed by atoms with Gasteiger partial charge in [0.05, 0.1) is 15.5 Å². The Hall–Kier alpha value is -2.83. The fourth-order valence-electron chi connectivity index (χ4n) is 2.91. The maximum Gasteiger partial charge on any atom is 0.273 e. The van der Waals surface area contributed by atoms with Crippen LogP contribution >= 0.6 is 0 Å². The minimum absolute atomic E-state index is 0.0155. The molecule has 0 aliphatic rings. The molecular weight excluding hydrogens is 334 g/mol. The van der Waals surface area contributed by atoms with Crippen LogP contribution < -0.4 is 0 Å². The summed E-state index contributed by atoms with van der Waals surface area (Å²) in [6.45, 7) is 9.58. The highest BCUT2D eigenvalue weighted by atomic mass is 16.6. The molecule has 138 valence electrons. The van der Waals surface area contributed by atoms with Crippen LogP contribution in [0.5, 0.6) is 0 Å². The predicted octanol–water partition coefficient (Wildman–Crippen LogP) is 4.72. The number of hydrogen-bond donors (Lipinski definition) is 0. The molecule has 0 fully saturated rings. The van der Waals surface area contributed by atoms with Gasteiger partial charge >= 0.3 is 0 Å². The van der Waals surface area contributed by atoms with Crippen molar-refractivity contribution in [2.24, 2.45) is 0 Å². The van der Waals surface area contributed by atoms with Gasteiger partial charge in [-0.1, -0.05) is 52.8 Å². The fraction of sp³-hybridized carbons (Fsp3) is 0.421. The fourth-order valence-corrected chi connectivity index (χ4v) is 2.91. The van der Waals surface area contributed by atoms with Gasteiger partial charge < -0.3 is 0 Å². The summed E-state index contributed by atoms with van der Waals surface area (Å²) in [5.41, 5.74) is 0.824. The van der Waals surface area contributed by atoms with E-state index in [1.165, 1.54) is 18.2 Å². The van der Waals surface area contributed by atoms with Crippen molar-refractivity contribution in [2.75, 3.05) is 0 Å². The van der Waals surface area contributed by atoms with Gasteiger partial charge in [0.25, 0.3) is 11.4 Å². The Morgan fingerprint density at radius 3 is 2.12 bits per heavy atom. The third kappa shape index (κ3) is 4.22. The second kappa shape index (κ2) is 6.82. The summed E-state index contributed by atoms with van der Waals surface area (Å²) < 4.78 is 0. The van der Waals surface area contributed by atoms with Gasteiger partial charge in [-0.15, -0.1) is 0 Å². The van der Waals surface area contributed by atoms with Crippen LogP contribution in [0.1, 0.15) is 51.6 Å². The largest absolute Gasteiger partial charge is 0.273 e. The standard InChI is InChI=1S/C19H23N3O4/c1-18(2,3)17-11-14(21(23)24)10-13(20-17)12-19(4,5)15-8-6-7-9-16(15)22(25)26/h6-11H,12H2,1-5H3. The van der Waals surface area contributed by atoms with Crippen molar-refractivity contribution in [2.45, 2.75) is 51.9 Å². The topological polar surface area (TPSA) is 99.2 Å². The second-order valence-corrected chi connectivity index (χ2v) is 8.04. The summed E-state index contributed by atoms with van der Waals surface area (Å²) in [6, 6.07) is 9.51. The van der Waals surface area contributed by atoms with Crippen LogP contribution in [0.25, 0.3) is 0 Å². The molecule has 7 heteroatoms. The van der Waals surface area contributed by atoms with Crippen molar-refractivity contribution in [3.63, 3.8) is 0 Å². The molecule has 2 rings (SSSR count). The lowest BCUT2D eigenvalue weighted by Gasteiger charge is -2.26. The first kappa shape index (κ1) is 19.5. The molecule has 2 aromatic rings. The molecule has 0 saturated heterocycles. The average Bonchev–Trinajstić information content (AvgIpc) is 2.53. The molecule has 26 heavy (non-hydrogen) atoms. The molecule has 1 heterocycles. The molecular formula is C19H23N3O4. The average molecular weight is 357 g/mol. The number of para-hydroxylation sites is 1. The first-order valence-electron chi connectivity index (χ1n) is 8.31. The highest BCUT2D eigenvalue weighted by molar-refractivity contribution is 5.46. The quantitative estimate of drug-likeness (QED) is 0.569. The zero-order valence-electron chi connectivity index (χ0n) is 15.6. The first-order chi connectivity index (χ1) is 11.9. The number of benzene rings is 1. The second-order valence-electron chi connectivity index (χ2n) is 8.04. The molecule has 1 aromatic carbocycles. The van der Waals surface area contributed by atoms with E-state index in [2.05, 4.69) is 4.98 Å². The van der Waals surface area contributed by atoms with Crippen molar-refractivity contribution in [1.29, 1.82) is 0 Å². The van der Waals surface area contributed by atoms with Gasteiger partial charge in [0, 0.05) is 40.3 Å². The molecule has 7 nitrogen and oxygen atoms in total. The molecule has 0 N–H and O–H groups in total. The van der Waals surface area contributed by atoms with Crippen LogP contribution in [0.2, 0.25) is 0 Å². The Bertz CT molecular complexity index is 854. The van der Waals surface area contributed by atoms with Gasteiger partial charge in [-0.2, -0.15) is 0 Å². The summed E-state index contributed by atoms with van der Waals surface area (Å²) in [7, 11) is 0. The number of pyridine rings is 1. The Morgan fingerprint density at radius 2 is 1.58 bits per heavy atom. The molecule has 0 spiro atoms. The first-order valence-corrected chi connectivity index (χ1v) is 8.31. The van der Waals surface area contributed by atoms with E-state index >= 15 is 0 Å². The zero-order valence-corrected chi connectivity index (χ0v) is 15.6. The number of nitro benzene ring substituents is 1. The van der Waals surface area contributed by atoms with Gasteiger partial charge in [0.2, 0.25) is 0 Å². The van der Waals surface area contributed by atoms with Crippen LogP contribution in [0, 0.1) is 20.2 Å². The summed E-state index contributed by atoms with van der Waals surface area (Å²) >= 11 is 0. The maximum atomic E-state index is 11.4. The monoisotopic (exact) mass is 357 g/mol. The van der Waals surface area contributed by atoms with Gasteiger partial charge in [0.15, 0.2) is 0 Å². The lowest BCUT2D eigenvalue weighted by molar-refractivity contribution is -0.386. The molecule has 0 aliphatic heterocycles. The van der Waals surface area contributed by atoms with Crippen molar-refractivity contribution < 1.29 is 9.85 Å². The van der Waals surface area contributed by atoms with Crippen molar-refractivity contribution >= 4 is 11.4 Å². The van der Waals surface area contributed by atoms with E-state index in [1.54, 1.807) is 18.2 Å². The van der Waals surface area contributed by atoms with E-state index in [-0.39, 0.29) is 16.8 Å². The molecule has 0 radical (unpaired) electrons. The van der Waals surface area contributed by atoms with Crippen LogP contribution in [0.3, 0.4) is 0 Å². The Morgan fingerprint density at radius 1 is 0.962 bits per heavy atom. The number of aromatic nitrogens is 1. The van der Waals surface area contributed by atoms with Gasteiger partial charge in [0.1, 0.15) is 0 Å². The van der Waals surface area contributed by atoms with Crippen LogP contribution in [-0.4, -0.2) is 14.8 Å². The summed E-state index contributed by atoms with van der Waals surface area (Å²) in [5, 5.41) is 22.7. The van der Waals surface area contributed by atoms with Gasteiger partial charge in [-0.3, -0.25) is 25.2 Å². The molecule has 0 atom stereocenters. The number of nitrogens with zero attached hydrogens (tertiary/aromatic N) is 3. The smallest absolute Gasteiger partial charge is 0.258 e. The molecule has 1 aromatic heterocycles. The van der Waals surface area contributed by atoms with Gasteiger partial charge in [-0.25, -0.2) is 0 Å². The van der Waals surface area contributed by atoms with Crippen molar-refractivity contribution in [3.05, 3.63) is 73.6 Å². The van der Waals surface area contributed by atoms with Gasteiger partial charge in [-0.05, 0) is 6.42 Å². The van der Waals surface area contributed by atoms with E-state index in [1.807, 2.05) is 34.6 Å². The summed E-state index contributed by atoms with van der Waals surface area (Å²) in [5.74, 6) is 0. The van der Waals surface area contributed by atoms with Crippen molar-refractivity contribution in [3.8, 4) is 0 Å². The van der Waals surface area contributed by atoms with Crippen LogP contribution in [-0.2, 0) is 17.3 Å². The third-order valence-corrected chi connectivity index (χ3v) is 4.30. The minimum Gasteiger partial charge on any atom is -0.258 e. The number of hydrogen-bond acceptors (Lipinski definition) is 5. The normalized spacial score (nSPS) is 12.0. The zero-order chi connectivity index (χ0) is 19.7. The van der Waals surface area contributed by atoms with E-state index in [9.17, 15) is 20.2 Å². The molecule has 0 bridgehead atoms. The number of nitro groups is 2. The lowest BCUT2D eigenvalue weighted by atomic mass is 9.79. The third-order valence-electron chi connectivity index (χ3n) is 4.30. The highest BCUT2D eigenvalue weighted by Crippen LogP contribution is 2.35. The predicted molar refractivity (Wildman–Crippen MR) is 99.4 cm³/mol. The Kier molecular flexibility index (Phi) is 5.11.